The van der Waals surface area contributed by atoms with Gasteiger partial charge in [-0.1, -0.05) is 0 Å². The first-order chi connectivity index (χ1) is 9.81. The molecule has 1 aromatic carbocycles. The molecule has 0 saturated carbocycles. The summed E-state index contributed by atoms with van der Waals surface area (Å²) in [4.78, 5) is 9.90. The Hall–Kier alpha value is -2.49. The van der Waals surface area contributed by atoms with Crippen molar-refractivity contribution in [3.63, 3.8) is 0 Å². The molecule has 4 heteroatoms. The number of hydrogen-bond acceptors (Lipinski definition) is 3. The second-order valence-electron chi connectivity index (χ2n) is 4.54. The van der Waals surface area contributed by atoms with E-state index >= 15 is 0 Å². The Balaban J connectivity index is 1.99. The number of ether oxygens (including phenoxy) is 1. The number of nitrogens with one attached hydrogen (secondary N) is 1. The third-order valence-corrected chi connectivity index (χ3v) is 3.37. The molecular formula is C16H17N3O. The van der Waals surface area contributed by atoms with Crippen LogP contribution in [0.4, 0.5) is 11.5 Å². The maximum absolute atomic E-state index is 5.20. The highest BCUT2D eigenvalue weighted by molar-refractivity contribution is 5.82. The lowest BCUT2D eigenvalue weighted by atomic mass is 10.2. The number of rotatable bonds is 4. The SMILES string of the molecule is CCN(c1ccc(OC)cc1)c1cc2cccnc2[nH]1. The molecule has 0 spiro atoms. The van der Waals surface area contributed by atoms with Gasteiger partial charge in [0.1, 0.15) is 17.2 Å². The first-order valence-electron chi connectivity index (χ1n) is 6.67. The Bertz CT molecular complexity index is 670. The zero-order valence-corrected chi connectivity index (χ0v) is 11.6. The Labute approximate surface area is 118 Å². The van der Waals surface area contributed by atoms with Crippen molar-refractivity contribution in [3.8, 4) is 5.75 Å². The lowest BCUT2D eigenvalue weighted by Crippen LogP contribution is -2.16. The van der Waals surface area contributed by atoms with E-state index in [4.69, 9.17) is 4.74 Å². The van der Waals surface area contributed by atoms with Crippen molar-refractivity contribution in [3.05, 3.63) is 48.7 Å². The number of benzene rings is 1. The smallest absolute Gasteiger partial charge is 0.138 e. The van der Waals surface area contributed by atoms with Gasteiger partial charge in [-0.25, -0.2) is 4.98 Å². The minimum Gasteiger partial charge on any atom is -0.497 e. The highest BCUT2D eigenvalue weighted by Crippen LogP contribution is 2.28. The van der Waals surface area contributed by atoms with Crippen LogP contribution in [0.3, 0.4) is 0 Å². The van der Waals surface area contributed by atoms with Crippen LogP contribution in [-0.4, -0.2) is 23.6 Å². The lowest BCUT2D eigenvalue weighted by Gasteiger charge is -2.21. The van der Waals surface area contributed by atoms with Crippen LogP contribution in [0.25, 0.3) is 11.0 Å². The summed E-state index contributed by atoms with van der Waals surface area (Å²) >= 11 is 0. The molecule has 4 nitrogen and oxygen atoms in total. The van der Waals surface area contributed by atoms with Gasteiger partial charge in [0.2, 0.25) is 0 Å². The van der Waals surface area contributed by atoms with Gasteiger partial charge in [0.05, 0.1) is 7.11 Å². The van der Waals surface area contributed by atoms with Crippen molar-refractivity contribution < 1.29 is 4.74 Å². The van der Waals surface area contributed by atoms with Crippen molar-refractivity contribution in [2.45, 2.75) is 6.92 Å². The Morgan fingerprint density at radius 1 is 1.20 bits per heavy atom. The molecule has 0 radical (unpaired) electrons. The van der Waals surface area contributed by atoms with Gasteiger partial charge in [0, 0.05) is 23.8 Å². The molecule has 0 aliphatic carbocycles. The molecule has 20 heavy (non-hydrogen) atoms. The van der Waals surface area contributed by atoms with E-state index in [-0.39, 0.29) is 0 Å². The minimum absolute atomic E-state index is 0.864. The monoisotopic (exact) mass is 267 g/mol. The fourth-order valence-corrected chi connectivity index (χ4v) is 2.34. The molecule has 0 amide bonds. The summed E-state index contributed by atoms with van der Waals surface area (Å²) < 4.78 is 5.20. The standard InChI is InChI=1S/C16H17N3O/c1-3-19(13-6-8-14(20-2)9-7-13)15-11-12-5-4-10-17-16(12)18-15/h4-11H,3H2,1-2H3,(H,17,18). The highest BCUT2D eigenvalue weighted by Gasteiger charge is 2.10. The zero-order valence-electron chi connectivity index (χ0n) is 11.6. The molecule has 0 bridgehead atoms. The van der Waals surface area contributed by atoms with Gasteiger partial charge in [-0.05, 0) is 49.4 Å². The fourth-order valence-electron chi connectivity index (χ4n) is 2.34. The van der Waals surface area contributed by atoms with Crippen LogP contribution >= 0.6 is 0 Å². The summed E-state index contributed by atoms with van der Waals surface area (Å²) in [5.74, 6) is 1.91. The molecule has 3 rings (SSSR count). The molecule has 0 unspecified atom stereocenters. The number of fused-ring (bicyclic) bond motifs is 1. The van der Waals surface area contributed by atoms with Gasteiger partial charge in [0.15, 0.2) is 0 Å². The number of nitrogens with zero attached hydrogens (tertiary/aromatic N) is 2. The third kappa shape index (κ3) is 2.20. The molecule has 0 fully saturated rings. The molecule has 2 aromatic heterocycles. The second kappa shape index (κ2) is 5.25. The average molecular weight is 267 g/mol. The van der Waals surface area contributed by atoms with Gasteiger partial charge in [-0.2, -0.15) is 0 Å². The number of methoxy groups -OCH3 is 1. The summed E-state index contributed by atoms with van der Waals surface area (Å²) in [6.07, 6.45) is 1.80. The molecule has 2 heterocycles. The summed E-state index contributed by atoms with van der Waals surface area (Å²) in [5.41, 5.74) is 2.04. The lowest BCUT2D eigenvalue weighted by molar-refractivity contribution is 0.415. The normalized spacial score (nSPS) is 10.7. The van der Waals surface area contributed by atoms with Crippen molar-refractivity contribution in [2.75, 3.05) is 18.6 Å². The van der Waals surface area contributed by atoms with Crippen molar-refractivity contribution >= 4 is 22.5 Å². The first-order valence-corrected chi connectivity index (χ1v) is 6.67. The van der Waals surface area contributed by atoms with E-state index in [2.05, 4.69) is 46.1 Å². The Morgan fingerprint density at radius 3 is 2.65 bits per heavy atom. The van der Waals surface area contributed by atoms with Crippen LogP contribution in [0.1, 0.15) is 6.92 Å². The summed E-state index contributed by atoms with van der Waals surface area (Å²) in [5, 5.41) is 1.12. The van der Waals surface area contributed by atoms with Crippen LogP contribution < -0.4 is 9.64 Å². The maximum Gasteiger partial charge on any atom is 0.138 e. The molecule has 3 aromatic rings. The van der Waals surface area contributed by atoms with Crippen molar-refractivity contribution in [2.24, 2.45) is 0 Å². The van der Waals surface area contributed by atoms with Gasteiger partial charge in [-0.15, -0.1) is 0 Å². The number of pyridine rings is 1. The fraction of sp³-hybridized carbons (Fsp3) is 0.188. The van der Waals surface area contributed by atoms with E-state index in [1.54, 1.807) is 13.3 Å². The van der Waals surface area contributed by atoms with E-state index in [1.165, 1.54) is 0 Å². The predicted molar refractivity (Wildman–Crippen MR) is 81.8 cm³/mol. The second-order valence-corrected chi connectivity index (χ2v) is 4.54. The van der Waals surface area contributed by atoms with Crippen LogP contribution in [0, 0.1) is 0 Å². The van der Waals surface area contributed by atoms with Crippen molar-refractivity contribution in [1.82, 2.24) is 9.97 Å². The molecule has 0 saturated heterocycles. The van der Waals surface area contributed by atoms with Gasteiger partial charge in [0.25, 0.3) is 0 Å². The van der Waals surface area contributed by atoms with Crippen LogP contribution in [0.5, 0.6) is 5.75 Å². The zero-order chi connectivity index (χ0) is 13.9. The maximum atomic E-state index is 5.20. The van der Waals surface area contributed by atoms with Gasteiger partial charge < -0.3 is 14.6 Å². The summed E-state index contributed by atoms with van der Waals surface area (Å²) in [6, 6.07) is 14.2. The molecule has 0 atom stereocenters. The summed E-state index contributed by atoms with van der Waals surface area (Å²) in [7, 11) is 1.68. The number of aromatic amines is 1. The molecule has 0 aliphatic heterocycles. The number of H-pyrrole nitrogens is 1. The topological polar surface area (TPSA) is 41.1 Å². The van der Waals surface area contributed by atoms with E-state index < -0.39 is 0 Å². The number of anilines is 2. The van der Waals surface area contributed by atoms with E-state index in [0.717, 1.165) is 34.8 Å². The van der Waals surface area contributed by atoms with Crippen molar-refractivity contribution in [1.29, 1.82) is 0 Å². The third-order valence-electron chi connectivity index (χ3n) is 3.37. The van der Waals surface area contributed by atoms with Crippen LogP contribution in [-0.2, 0) is 0 Å². The van der Waals surface area contributed by atoms with E-state index in [0.29, 0.717) is 0 Å². The first kappa shape index (κ1) is 12.5. The highest BCUT2D eigenvalue weighted by atomic mass is 16.5. The Morgan fingerprint density at radius 2 is 2.00 bits per heavy atom. The average Bonchev–Trinajstić information content (AvgIpc) is 2.92. The molecular weight excluding hydrogens is 250 g/mol. The molecule has 102 valence electrons. The predicted octanol–water partition coefficient (Wildman–Crippen LogP) is 3.73. The van der Waals surface area contributed by atoms with Gasteiger partial charge in [-0.3, -0.25) is 0 Å². The number of aromatic nitrogens is 2. The minimum atomic E-state index is 0.864. The van der Waals surface area contributed by atoms with Crippen LogP contribution in [0.15, 0.2) is 48.7 Å². The largest absolute Gasteiger partial charge is 0.497 e. The summed E-state index contributed by atoms with van der Waals surface area (Å²) in [6.45, 7) is 3.00. The molecule has 1 N–H and O–H groups in total. The van der Waals surface area contributed by atoms with E-state index in [1.807, 2.05) is 18.2 Å². The van der Waals surface area contributed by atoms with E-state index in [9.17, 15) is 0 Å². The van der Waals surface area contributed by atoms with Crippen LogP contribution in [0.2, 0.25) is 0 Å². The van der Waals surface area contributed by atoms with Gasteiger partial charge >= 0.3 is 0 Å². The quantitative estimate of drug-likeness (QED) is 0.783. The number of hydrogen-bond donors (Lipinski definition) is 1. The Kier molecular flexibility index (Phi) is 3.29. The molecule has 0 aliphatic rings.